The topological polar surface area (TPSA) is 185 Å². The van der Waals surface area contributed by atoms with Gasteiger partial charge in [-0.05, 0) is 0 Å². The van der Waals surface area contributed by atoms with Crippen molar-refractivity contribution in [1.82, 2.24) is 30.4 Å². The summed E-state index contributed by atoms with van der Waals surface area (Å²) < 4.78 is 36.2. The normalized spacial score (nSPS) is 13.1. The molecule has 0 bridgehead atoms. The summed E-state index contributed by atoms with van der Waals surface area (Å²) in [5, 5.41) is 29.7. The standard InChI is InChI=1S/2C20H18ClFN5O2.4ClH.2Zn/c2*1-20(2,3)18(28)17(19-23-11-24-27-19)29-14-7-4-12(5-8-14)25-26-13-6-9-16(22)15(21)10-13;;;;;;/h2*4-11H,1-3H3,(H,23,24,27);4*1H;;/q;;;;;;2*+2/p-4. The van der Waals surface area contributed by atoms with Crippen LogP contribution in [0.5, 0.6) is 11.5 Å². The summed E-state index contributed by atoms with van der Waals surface area (Å²) in [4.78, 5) is 34.5. The molecule has 24 heteroatoms. The van der Waals surface area contributed by atoms with Gasteiger partial charge < -0.3 is 49.6 Å². The van der Waals surface area contributed by atoms with E-state index in [4.69, 9.17) is 32.7 Å². The van der Waals surface area contributed by atoms with Gasteiger partial charge in [0.1, 0.15) is 0 Å². The summed E-state index contributed by atoms with van der Waals surface area (Å²) in [5.74, 6) is 0.329. The molecule has 0 radical (unpaired) electrons. The second-order valence-electron chi connectivity index (χ2n) is 15.2. The van der Waals surface area contributed by atoms with Crippen LogP contribution in [0.15, 0.2) is 118 Å². The Kier molecular flexibility index (Phi) is 22.4. The van der Waals surface area contributed by atoms with Gasteiger partial charge in [-0.2, -0.15) is 0 Å². The first-order valence-electron chi connectivity index (χ1n) is 18.0. The maximum atomic E-state index is 13.2. The number of nitrogens with zero attached hydrogens (tertiary/aromatic N) is 8. The predicted molar refractivity (Wildman–Crippen MR) is 210 cm³/mol. The number of hydrogen-bond donors (Lipinski definition) is 2. The van der Waals surface area contributed by atoms with Gasteiger partial charge in [-0.25, -0.2) is 8.78 Å². The molecular formula is C40H36Cl6F2N10O4Zn2. The van der Waals surface area contributed by atoms with Crippen LogP contribution < -0.4 is 59.1 Å². The predicted octanol–water partition coefficient (Wildman–Crippen LogP) is -1.17. The number of ether oxygens (including phenoxy) is 2. The minimum absolute atomic E-state index is 0. The molecule has 4 aromatic carbocycles. The summed E-state index contributed by atoms with van der Waals surface area (Å²) in [7, 11) is 0. The van der Waals surface area contributed by atoms with E-state index in [0.29, 0.717) is 82.5 Å². The number of hydrogen-bond acceptors (Lipinski definition) is 12. The Morgan fingerprint density at radius 2 is 0.844 bits per heavy atom. The van der Waals surface area contributed by atoms with Gasteiger partial charge in [-0.15, -0.1) is 0 Å². The van der Waals surface area contributed by atoms with Gasteiger partial charge in [0.2, 0.25) is 0 Å². The molecule has 0 aliphatic carbocycles. The Morgan fingerprint density at radius 3 is 1.11 bits per heavy atom. The van der Waals surface area contributed by atoms with Crippen LogP contribution >= 0.6 is 23.2 Å². The molecule has 0 saturated carbocycles. The van der Waals surface area contributed by atoms with Crippen molar-refractivity contribution in [1.29, 1.82) is 0 Å². The third-order valence-corrected chi connectivity index (χ3v) is 12.1. The molecule has 2 aromatic heterocycles. The van der Waals surface area contributed by atoms with Crippen LogP contribution in [0.4, 0.5) is 31.5 Å². The molecule has 0 spiro atoms. The van der Waals surface area contributed by atoms with E-state index in [0.717, 1.165) is 0 Å². The first kappa shape index (κ1) is 58.2. The zero-order chi connectivity index (χ0) is 43.9. The quantitative estimate of drug-likeness (QED) is 0.114. The summed E-state index contributed by atoms with van der Waals surface area (Å²) in [5.41, 5.74) is 0.703. The monoisotopic (exact) mass is 1100 g/mol. The number of rotatable bonds is 12. The second-order valence-corrected chi connectivity index (χ2v) is 20.2. The van der Waals surface area contributed by atoms with Gasteiger partial charge in [-0.3, -0.25) is 0 Å². The zero-order valence-electron chi connectivity index (χ0n) is 34.9. The molecule has 0 aliphatic rings. The van der Waals surface area contributed by atoms with Crippen molar-refractivity contribution in [3.8, 4) is 11.5 Å². The van der Waals surface area contributed by atoms with E-state index in [2.05, 4.69) is 50.8 Å². The number of benzene rings is 4. The van der Waals surface area contributed by atoms with Gasteiger partial charge in [0, 0.05) is 0 Å². The van der Waals surface area contributed by atoms with Gasteiger partial charge in [0.05, 0.1) is 0 Å². The number of azo groups is 2. The number of aromatic amines is 2. The maximum Gasteiger partial charge on any atom is -1.00 e. The van der Waals surface area contributed by atoms with Crippen molar-refractivity contribution in [3.63, 3.8) is 0 Å². The van der Waals surface area contributed by atoms with Crippen molar-refractivity contribution in [3.05, 3.63) is 131 Å². The molecule has 2 N–H and O–H groups in total. The Hall–Kier alpha value is -3.85. The molecule has 6 rings (SSSR count). The first-order chi connectivity index (χ1) is 28.2. The number of ketones is 2. The first-order valence-corrected chi connectivity index (χ1v) is 21.8. The zero-order valence-corrected chi connectivity index (χ0v) is 45.4. The van der Waals surface area contributed by atoms with Crippen LogP contribution in [-0.2, 0) is 54.6 Å². The molecule has 0 aliphatic heterocycles. The Bertz CT molecular complexity index is 2320. The molecular weight excluding hydrogens is 1070 g/mol. The fourth-order valence-electron chi connectivity index (χ4n) is 5.30. The van der Waals surface area contributed by atoms with Gasteiger partial charge in [0.15, 0.2) is 0 Å². The molecule has 64 heavy (non-hydrogen) atoms. The van der Waals surface area contributed by atoms with Crippen LogP contribution in [0, 0.1) is 22.5 Å². The van der Waals surface area contributed by atoms with Crippen LogP contribution in [0.2, 0.25) is 10.0 Å². The molecule has 2 unspecified atom stereocenters. The van der Waals surface area contributed by atoms with Crippen LogP contribution in [0.3, 0.4) is 0 Å². The third kappa shape index (κ3) is 15.1. The van der Waals surface area contributed by atoms with Crippen molar-refractivity contribution in [2.75, 3.05) is 0 Å². The van der Waals surface area contributed by atoms with Crippen molar-refractivity contribution in [2.45, 2.75) is 49.9 Å². The summed E-state index contributed by atoms with van der Waals surface area (Å²) >= 11 is 12.5. The number of halogens is 8. The molecule has 14 nitrogen and oxygen atoms in total. The minimum atomic E-state index is -1.24. The fraction of sp³-hybridized carbons (Fsp3) is 0.250. The Balaban J connectivity index is 0.000000602. The van der Waals surface area contributed by atoms with E-state index < -0.39 is 30.9 Å². The molecule has 0 saturated heterocycles. The van der Waals surface area contributed by atoms with E-state index in [9.17, 15) is 18.4 Å². The Labute approximate surface area is 422 Å². The van der Waals surface area contributed by atoms with E-state index in [-0.39, 0.29) is 71.2 Å². The summed E-state index contributed by atoms with van der Waals surface area (Å²) in [6.07, 6.45) is 2.84. The Morgan fingerprint density at radius 1 is 0.547 bits per heavy atom. The number of nitrogens with one attached hydrogen (secondary N) is 2. The van der Waals surface area contributed by atoms with Crippen molar-refractivity contribution < 1.29 is 114 Å². The molecule has 2 heterocycles. The number of carbonyl (C=O) groups excluding carboxylic acids is 2. The fourth-order valence-corrected chi connectivity index (χ4v) is 9.28. The van der Waals surface area contributed by atoms with Crippen LogP contribution in [0.1, 0.15) is 53.2 Å². The molecule has 0 amide bonds. The number of H-pyrrole nitrogens is 2. The molecule has 330 valence electrons. The summed E-state index contributed by atoms with van der Waals surface area (Å²) in [6, 6.07) is 21.8. The average Bonchev–Trinajstić information content (AvgIpc) is 3.96. The largest absolute Gasteiger partial charge is 1.00 e. The van der Waals surface area contributed by atoms with Gasteiger partial charge >= 0.3 is 367 Å². The average molecular weight is 1100 g/mol. The van der Waals surface area contributed by atoms with Crippen molar-refractivity contribution in [2.24, 2.45) is 31.3 Å². The number of carbonyl (C=O) groups is 2. The summed E-state index contributed by atoms with van der Waals surface area (Å²) in [6.45, 7) is 11.0. The molecule has 2 atom stereocenters. The smallest absolute Gasteiger partial charge is 1.00 e. The van der Waals surface area contributed by atoms with Gasteiger partial charge in [-0.1, -0.05) is 0 Å². The van der Waals surface area contributed by atoms with E-state index >= 15 is 0 Å². The molecule has 0 fully saturated rings. The van der Waals surface area contributed by atoms with E-state index in [1.54, 1.807) is 48.5 Å². The minimum Gasteiger partial charge on any atom is -1.00 e. The van der Waals surface area contributed by atoms with E-state index in [1.165, 1.54) is 49.1 Å². The number of Topliss-reactive ketones (excluding diaryl/α,β-unsaturated/α-hetero) is 2. The van der Waals surface area contributed by atoms with E-state index in [1.807, 2.05) is 41.5 Å². The second kappa shape index (κ2) is 24.6. The molecule has 6 aromatic rings. The third-order valence-electron chi connectivity index (χ3n) is 8.27. The van der Waals surface area contributed by atoms with Crippen LogP contribution in [0.25, 0.3) is 0 Å². The number of aromatic nitrogens is 6. The van der Waals surface area contributed by atoms with Crippen LogP contribution in [-0.4, -0.2) is 41.9 Å². The van der Waals surface area contributed by atoms with Gasteiger partial charge in [0.25, 0.3) is 0 Å². The SMILES string of the molecule is CC(C)(C)C(=O)[C]([Zn+2])(Oc1ccc(N=Nc2ccc(F)c(Cl)c2)cc1)c1nc[nH]n1.CC(C)(C)C(=O)[C]([Zn+2])(Oc1ccc(N=Nc2ccc(F)c(Cl)c2)cc1)c1nc[nH]n1.[Cl-].[Cl-].[Cl-].[Cl-]. The maximum absolute atomic E-state index is 13.2. The van der Waals surface area contributed by atoms with Crippen molar-refractivity contribution >= 4 is 57.5 Å².